The summed E-state index contributed by atoms with van der Waals surface area (Å²) in [6, 6.07) is 13.0. The molecular weight excluding hydrogens is 931 g/mol. The van der Waals surface area contributed by atoms with Crippen LogP contribution >= 0.6 is 0 Å². The van der Waals surface area contributed by atoms with Gasteiger partial charge < -0.3 is 56.1 Å². The van der Waals surface area contributed by atoms with Gasteiger partial charge in [0.2, 0.25) is 29.7 Å². The zero-order valence-corrected chi connectivity index (χ0v) is 39.5. The Morgan fingerprint density at radius 2 is 1.51 bits per heavy atom. The summed E-state index contributed by atoms with van der Waals surface area (Å²) in [5, 5.41) is 51.0. The molecule has 3 aliphatic heterocycles. The summed E-state index contributed by atoms with van der Waals surface area (Å²) in [5.74, 6) is -0.558. The molecule has 25 nitrogen and oxygen atoms in total. The number of hydrogen-bond acceptors (Lipinski definition) is 18. The van der Waals surface area contributed by atoms with Gasteiger partial charge in [0.1, 0.15) is 29.7 Å². The average molecular weight is 984 g/mol. The number of carbonyl (C=O) groups is 3. The number of aliphatic imine (C=N–C) groups is 1. The van der Waals surface area contributed by atoms with E-state index in [9.17, 15) is 34.5 Å². The van der Waals surface area contributed by atoms with Gasteiger partial charge in [-0.1, -0.05) is 16.5 Å². The lowest BCUT2D eigenvalue weighted by molar-refractivity contribution is -0.135. The number of fused-ring (bicyclic) bond motifs is 2. The Balaban J connectivity index is 0.960. The molecule has 2 fully saturated rings. The van der Waals surface area contributed by atoms with E-state index in [0.717, 1.165) is 5.69 Å². The van der Waals surface area contributed by atoms with Gasteiger partial charge in [-0.3, -0.25) is 19.4 Å². The number of benzene rings is 3. The van der Waals surface area contributed by atoms with Crippen molar-refractivity contribution in [2.45, 2.75) is 51.8 Å². The molecule has 1 aliphatic carbocycles. The fourth-order valence-corrected chi connectivity index (χ4v) is 8.78. The van der Waals surface area contributed by atoms with Gasteiger partial charge in [0.15, 0.2) is 11.4 Å². The largest absolute Gasteiger partial charge is 0.508 e. The first-order valence-corrected chi connectivity index (χ1v) is 23.4. The van der Waals surface area contributed by atoms with Crippen molar-refractivity contribution in [1.29, 1.82) is 0 Å². The van der Waals surface area contributed by atoms with Crippen LogP contribution in [0.3, 0.4) is 0 Å². The second-order valence-electron chi connectivity index (χ2n) is 17.7. The Hall–Kier alpha value is -8.74. The van der Waals surface area contributed by atoms with Crippen LogP contribution in [0.1, 0.15) is 48.1 Å². The van der Waals surface area contributed by atoms with Crippen LogP contribution in [0, 0.1) is 0 Å². The number of aromatic hydroxyl groups is 1. The third-order valence-electron chi connectivity index (χ3n) is 12.4. The normalized spacial score (nSPS) is 14.9. The number of nitrogens with zero attached hydrogens (tertiary/aromatic N) is 14. The minimum atomic E-state index is -1.23. The van der Waals surface area contributed by atoms with Crippen molar-refractivity contribution in [1.82, 2.24) is 54.7 Å². The van der Waals surface area contributed by atoms with Gasteiger partial charge in [-0.15, -0.1) is 10.2 Å². The fourth-order valence-electron chi connectivity index (χ4n) is 8.78. The molecule has 1 unspecified atom stereocenters. The van der Waals surface area contributed by atoms with Gasteiger partial charge in [0.25, 0.3) is 0 Å². The summed E-state index contributed by atoms with van der Waals surface area (Å²) >= 11 is 0. The van der Waals surface area contributed by atoms with Gasteiger partial charge in [-0.25, -0.2) is 14.2 Å². The van der Waals surface area contributed by atoms with Crippen molar-refractivity contribution >= 4 is 58.2 Å². The van der Waals surface area contributed by atoms with Crippen LogP contribution in [0.4, 0.5) is 23.5 Å². The first kappa shape index (κ1) is 48.3. The van der Waals surface area contributed by atoms with Gasteiger partial charge in [0.05, 0.1) is 23.1 Å². The summed E-state index contributed by atoms with van der Waals surface area (Å²) in [4.78, 5) is 78.5. The lowest BCUT2D eigenvalue weighted by Gasteiger charge is -2.37. The molecule has 0 saturated carbocycles. The first-order chi connectivity index (χ1) is 34.6. The number of aromatic nitrogens is 9. The molecule has 4 aliphatic rings. The number of nitrogens with one attached hydrogen (secondary N) is 1. The lowest BCUT2D eigenvalue weighted by atomic mass is 9.90. The summed E-state index contributed by atoms with van der Waals surface area (Å²) < 4.78 is 9.01. The molecule has 25 heteroatoms. The monoisotopic (exact) mass is 983 g/mol. The summed E-state index contributed by atoms with van der Waals surface area (Å²) in [6.45, 7) is 6.83. The number of piperazine rings is 2. The second-order valence-corrected chi connectivity index (χ2v) is 17.7. The maximum Gasteiger partial charge on any atom is 0.336 e. The van der Waals surface area contributed by atoms with Gasteiger partial charge in [0, 0.05) is 112 Å². The molecule has 6 heterocycles. The molecule has 8 N–H and O–H groups in total. The number of phenols is 1. The minimum absolute atomic E-state index is 0.0143. The molecule has 0 radical (unpaired) electrons. The summed E-state index contributed by atoms with van der Waals surface area (Å²) in [6.07, 6.45) is 4.39. The molecule has 2 atom stereocenters. The van der Waals surface area contributed by atoms with Crippen LogP contribution in [-0.2, 0) is 29.0 Å². The number of phenolic OH excluding ortho intramolecular Hbond substituents is 1. The molecule has 72 heavy (non-hydrogen) atoms. The quantitative estimate of drug-likeness (QED) is 0.0345. The van der Waals surface area contributed by atoms with Gasteiger partial charge >= 0.3 is 5.97 Å². The summed E-state index contributed by atoms with van der Waals surface area (Å²) in [5.41, 5.74) is 13.7. The third kappa shape index (κ3) is 10.8. The summed E-state index contributed by atoms with van der Waals surface area (Å²) in [7, 11) is 0. The molecule has 2 amide bonds. The molecule has 0 bridgehead atoms. The van der Waals surface area contributed by atoms with Crippen molar-refractivity contribution in [3.05, 3.63) is 94.2 Å². The number of carboxylic acids is 1. The Morgan fingerprint density at radius 3 is 2.21 bits per heavy atom. The molecule has 5 aromatic rings. The Morgan fingerprint density at radius 1 is 0.819 bits per heavy atom. The maximum absolute atomic E-state index is 13.8. The SMILES string of the molecule is CC(O)Cc1cn(CC(=O)N2CCN(c3nc(Nc4ccc(-c5c6ccc(=O)cc-6oc6cc(O)ccc56)c(C(=O)O)c4)nc(N4CCN(C(=O)[C@H](C)n5cc(CCCN=C(N)N)nn5)CC4)n3)CC2)nn1. The minimum Gasteiger partial charge on any atom is -0.508 e. The second kappa shape index (κ2) is 20.7. The van der Waals surface area contributed by atoms with Crippen LogP contribution in [0.2, 0.25) is 0 Å². The number of rotatable bonds is 16. The van der Waals surface area contributed by atoms with E-state index >= 15 is 0 Å². The van der Waals surface area contributed by atoms with Gasteiger partial charge in [-0.05, 0) is 68.7 Å². The topological polar surface area (TPSA) is 332 Å². The van der Waals surface area contributed by atoms with Crippen molar-refractivity contribution in [3.8, 4) is 28.2 Å². The molecule has 9 rings (SSSR count). The molecular formula is C47H53N17O8. The third-order valence-corrected chi connectivity index (χ3v) is 12.4. The Bertz CT molecular complexity index is 3190. The average Bonchev–Trinajstić information content (AvgIpc) is 4.03. The van der Waals surface area contributed by atoms with Crippen molar-refractivity contribution in [2.75, 3.05) is 74.0 Å². The van der Waals surface area contributed by atoms with E-state index in [0.29, 0.717) is 124 Å². The maximum atomic E-state index is 13.8. The number of aryl methyl sites for hydroxylation is 1. The number of anilines is 4. The van der Waals surface area contributed by atoms with Crippen molar-refractivity contribution < 1.29 is 34.1 Å². The number of carbonyl (C=O) groups excluding carboxylic acids is 2. The Kier molecular flexibility index (Phi) is 13.9. The van der Waals surface area contributed by atoms with Crippen LogP contribution in [-0.4, -0.2) is 159 Å². The van der Waals surface area contributed by atoms with E-state index < -0.39 is 18.1 Å². The zero-order valence-electron chi connectivity index (χ0n) is 39.5. The van der Waals surface area contributed by atoms with Crippen LogP contribution in [0.15, 0.2) is 81.2 Å². The Labute approximate surface area is 410 Å². The number of guanidine groups is 1. The highest BCUT2D eigenvalue weighted by Gasteiger charge is 2.30. The predicted molar refractivity (Wildman–Crippen MR) is 263 cm³/mol. The number of amides is 2. The van der Waals surface area contributed by atoms with Gasteiger partial charge in [-0.2, -0.15) is 15.0 Å². The van der Waals surface area contributed by atoms with E-state index in [2.05, 4.69) is 30.9 Å². The molecule has 3 aromatic heterocycles. The molecule has 2 saturated heterocycles. The van der Waals surface area contributed by atoms with E-state index in [1.807, 2.05) is 9.80 Å². The molecule has 2 aromatic carbocycles. The number of aromatic carboxylic acids is 1. The van der Waals surface area contributed by atoms with E-state index in [1.54, 1.807) is 65.0 Å². The van der Waals surface area contributed by atoms with Crippen LogP contribution in [0.5, 0.6) is 5.75 Å². The highest BCUT2D eigenvalue weighted by atomic mass is 16.4. The first-order valence-electron chi connectivity index (χ1n) is 23.4. The highest BCUT2D eigenvalue weighted by Crippen LogP contribution is 2.42. The highest BCUT2D eigenvalue weighted by molar-refractivity contribution is 6.08. The standard InChI is InChI=1S/C47H53N17O8/c1-27(65)20-31-24-63(57-56-31)26-40(68)59-12-16-61(17-13-59)46-52-45(53-47(54-46)62-18-14-60(15-19-62)42(69)28(2)64-25-30(55-58-64)4-3-11-50-44(48)49)51-29-5-8-34(37(21-29)43(70)71)41-35-9-6-32(66)22-38(35)72-39-23-33(67)7-10-36(39)41/h5-10,21-25,27-28,65-66H,3-4,11-20,26H2,1-2H3,(H,70,71)(H4,48,49,50)(H,51,52,53,54)/t27?,28-/m0/s1. The predicted octanol–water partition coefficient (Wildman–Crippen LogP) is 1.47. The van der Waals surface area contributed by atoms with Crippen molar-refractivity contribution in [2.24, 2.45) is 16.5 Å². The van der Waals surface area contributed by atoms with E-state index in [4.69, 9.17) is 30.8 Å². The smallest absolute Gasteiger partial charge is 0.336 e. The van der Waals surface area contributed by atoms with Crippen LogP contribution in [0.25, 0.3) is 33.4 Å². The zero-order chi connectivity index (χ0) is 50.6. The number of hydrogen-bond donors (Lipinski definition) is 6. The number of nitrogens with two attached hydrogens (primary N) is 2. The van der Waals surface area contributed by atoms with E-state index in [1.165, 1.54) is 35.0 Å². The lowest BCUT2D eigenvalue weighted by Crippen LogP contribution is -2.51. The number of carboxylic acid groups (broad SMARTS) is 1. The van der Waals surface area contributed by atoms with Crippen LogP contribution < -0.4 is 32.0 Å². The number of aliphatic hydroxyl groups is 1. The molecule has 0 spiro atoms. The van der Waals surface area contributed by atoms with E-state index in [-0.39, 0.29) is 58.4 Å². The number of aliphatic hydroxyl groups excluding tert-OH is 1. The molecule has 374 valence electrons. The fraction of sp³-hybridized carbons (Fsp3) is 0.362. The van der Waals surface area contributed by atoms with Crippen molar-refractivity contribution in [3.63, 3.8) is 0 Å².